The van der Waals surface area contributed by atoms with Gasteiger partial charge in [0.15, 0.2) is 0 Å². The highest BCUT2D eigenvalue weighted by Crippen LogP contribution is 2.50. The number of para-hydroxylation sites is 4. The molecule has 242 valence electrons. The standard InChI is InChI=1S/C48H26O4/c1-5-13-39-27(9-1)21-43(49-39)35-25-36(44-22-28-10-2-6-14-40(28)50-44)32-19-20-34-38(46-24-30-12-4-8-16-42(30)52-46)26-37(33-18-17-31(35)47(32)48(33)34)45-23-29-11-3-7-15-41(29)51-45/h1-26H. The Hall–Kier alpha value is -7.04. The van der Waals surface area contributed by atoms with Gasteiger partial charge in [0.1, 0.15) is 45.4 Å². The summed E-state index contributed by atoms with van der Waals surface area (Å²) < 4.78 is 26.3. The van der Waals surface area contributed by atoms with Crippen LogP contribution in [0.2, 0.25) is 0 Å². The number of benzene rings is 8. The first-order chi connectivity index (χ1) is 25.7. The topological polar surface area (TPSA) is 52.6 Å². The van der Waals surface area contributed by atoms with Crippen LogP contribution in [0.4, 0.5) is 0 Å². The van der Waals surface area contributed by atoms with Gasteiger partial charge in [0.25, 0.3) is 0 Å². The first kappa shape index (κ1) is 27.7. The van der Waals surface area contributed by atoms with Crippen molar-refractivity contribution in [2.45, 2.75) is 0 Å². The average Bonchev–Trinajstić information content (AvgIpc) is 4.00. The van der Waals surface area contributed by atoms with Crippen molar-refractivity contribution in [2.75, 3.05) is 0 Å². The third kappa shape index (κ3) is 3.92. The zero-order valence-electron chi connectivity index (χ0n) is 27.6. The molecule has 4 heterocycles. The highest BCUT2D eigenvalue weighted by Gasteiger charge is 2.24. The van der Waals surface area contributed by atoms with Crippen molar-refractivity contribution in [3.8, 4) is 45.3 Å². The van der Waals surface area contributed by atoms with Gasteiger partial charge in [-0.15, -0.1) is 0 Å². The molecule has 8 aromatic carbocycles. The predicted molar refractivity (Wildman–Crippen MR) is 211 cm³/mol. The fourth-order valence-corrected chi connectivity index (χ4v) is 8.27. The molecule has 0 saturated carbocycles. The van der Waals surface area contributed by atoms with Gasteiger partial charge in [-0.05, 0) is 93.0 Å². The summed E-state index contributed by atoms with van der Waals surface area (Å²) in [6.07, 6.45) is 0. The highest BCUT2D eigenvalue weighted by atomic mass is 16.3. The lowest BCUT2D eigenvalue weighted by molar-refractivity contribution is 0.629. The Balaban J connectivity index is 1.25. The number of hydrogen-bond acceptors (Lipinski definition) is 4. The minimum atomic E-state index is 0.812. The third-order valence-electron chi connectivity index (χ3n) is 10.7. The largest absolute Gasteiger partial charge is 0.456 e. The van der Waals surface area contributed by atoms with Crippen molar-refractivity contribution >= 4 is 76.2 Å². The monoisotopic (exact) mass is 666 g/mol. The second-order valence-electron chi connectivity index (χ2n) is 13.6. The molecule has 0 spiro atoms. The molecule has 52 heavy (non-hydrogen) atoms. The predicted octanol–water partition coefficient (Wildman–Crippen LogP) is 14.2. The molecule has 0 aliphatic rings. The fourth-order valence-electron chi connectivity index (χ4n) is 8.27. The van der Waals surface area contributed by atoms with Crippen LogP contribution in [0.25, 0.3) is 121 Å². The van der Waals surface area contributed by atoms with E-state index in [0.29, 0.717) is 0 Å². The highest BCUT2D eigenvalue weighted by molar-refractivity contribution is 6.31. The van der Waals surface area contributed by atoms with E-state index in [9.17, 15) is 0 Å². The van der Waals surface area contributed by atoms with Crippen molar-refractivity contribution in [3.05, 3.63) is 158 Å². The van der Waals surface area contributed by atoms with E-state index >= 15 is 0 Å². The van der Waals surface area contributed by atoms with Crippen LogP contribution >= 0.6 is 0 Å². The van der Waals surface area contributed by atoms with Crippen LogP contribution in [-0.2, 0) is 0 Å². The molecule has 0 saturated heterocycles. The normalized spacial score (nSPS) is 12.2. The van der Waals surface area contributed by atoms with Gasteiger partial charge in [-0.3, -0.25) is 0 Å². The number of fused-ring (bicyclic) bond motifs is 4. The summed E-state index contributed by atoms with van der Waals surface area (Å²) in [5.41, 5.74) is 7.45. The van der Waals surface area contributed by atoms with E-state index in [1.54, 1.807) is 0 Å². The lowest BCUT2D eigenvalue weighted by Crippen LogP contribution is -1.93. The van der Waals surface area contributed by atoms with Gasteiger partial charge in [-0.1, -0.05) is 97.1 Å². The van der Waals surface area contributed by atoms with Crippen LogP contribution in [-0.4, -0.2) is 0 Å². The molecule has 0 aliphatic heterocycles. The van der Waals surface area contributed by atoms with Crippen LogP contribution in [0.15, 0.2) is 175 Å². The molecule has 4 heteroatoms. The zero-order chi connectivity index (χ0) is 33.9. The van der Waals surface area contributed by atoms with Crippen LogP contribution in [0, 0.1) is 0 Å². The molecule has 0 bridgehead atoms. The Morgan fingerprint density at radius 1 is 0.250 bits per heavy atom. The molecule has 0 fully saturated rings. The fraction of sp³-hybridized carbons (Fsp3) is 0. The van der Waals surface area contributed by atoms with Gasteiger partial charge < -0.3 is 17.7 Å². The van der Waals surface area contributed by atoms with E-state index in [1.807, 2.05) is 72.8 Å². The summed E-state index contributed by atoms with van der Waals surface area (Å²) in [4.78, 5) is 0. The summed E-state index contributed by atoms with van der Waals surface area (Å²) in [5, 5.41) is 10.9. The summed E-state index contributed by atoms with van der Waals surface area (Å²) in [7, 11) is 0. The summed E-state index contributed by atoms with van der Waals surface area (Å²) in [5.74, 6) is 3.25. The van der Waals surface area contributed by atoms with E-state index in [2.05, 4.69) is 84.9 Å². The smallest absolute Gasteiger partial charge is 0.136 e. The average molecular weight is 667 g/mol. The van der Waals surface area contributed by atoms with E-state index in [0.717, 1.165) is 121 Å². The number of rotatable bonds is 4. The Morgan fingerprint density at radius 3 is 0.750 bits per heavy atom. The molecule has 0 radical (unpaired) electrons. The van der Waals surface area contributed by atoms with E-state index < -0.39 is 0 Å². The quantitative estimate of drug-likeness (QED) is 0.175. The van der Waals surface area contributed by atoms with E-state index in [4.69, 9.17) is 17.7 Å². The lowest BCUT2D eigenvalue weighted by atomic mass is 9.84. The van der Waals surface area contributed by atoms with Crippen LogP contribution in [0.1, 0.15) is 0 Å². The molecule has 12 rings (SSSR count). The van der Waals surface area contributed by atoms with Gasteiger partial charge in [-0.25, -0.2) is 0 Å². The maximum absolute atomic E-state index is 6.59. The first-order valence-corrected chi connectivity index (χ1v) is 17.5. The minimum absolute atomic E-state index is 0.812. The molecule has 0 unspecified atom stereocenters. The molecule has 0 amide bonds. The number of furan rings is 4. The van der Waals surface area contributed by atoms with E-state index in [1.165, 1.54) is 0 Å². The first-order valence-electron chi connectivity index (χ1n) is 17.5. The molecular weight excluding hydrogens is 641 g/mol. The van der Waals surface area contributed by atoms with E-state index in [-0.39, 0.29) is 0 Å². The Labute approximate surface area is 296 Å². The summed E-state index contributed by atoms with van der Waals surface area (Å²) in [6, 6.07) is 54.7. The second-order valence-corrected chi connectivity index (χ2v) is 13.6. The van der Waals surface area contributed by atoms with Crippen LogP contribution in [0.5, 0.6) is 0 Å². The Bertz CT molecular complexity index is 2790. The summed E-state index contributed by atoms with van der Waals surface area (Å²) >= 11 is 0. The van der Waals surface area contributed by atoms with Gasteiger partial charge in [-0.2, -0.15) is 0 Å². The van der Waals surface area contributed by atoms with Crippen LogP contribution < -0.4 is 0 Å². The maximum Gasteiger partial charge on any atom is 0.136 e. The van der Waals surface area contributed by atoms with Crippen molar-refractivity contribution in [2.24, 2.45) is 0 Å². The second kappa shape index (κ2) is 10.3. The van der Waals surface area contributed by atoms with Gasteiger partial charge in [0.2, 0.25) is 0 Å². The molecule has 4 nitrogen and oxygen atoms in total. The number of hydrogen-bond donors (Lipinski definition) is 0. The van der Waals surface area contributed by atoms with Crippen molar-refractivity contribution < 1.29 is 17.7 Å². The van der Waals surface area contributed by atoms with Crippen molar-refractivity contribution in [1.29, 1.82) is 0 Å². The van der Waals surface area contributed by atoms with Gasteiger partial charge in [0, 0.05) is 43.8 Å². The van der Waals surface area contributed by atoms with Crippen LogP contribution in [0.3, 0.4) is 0 Å². The molecule has 12 aromatic rings. The molecule has 4 aromatic heterocycles. The van der Waals surface area contributed by atoms with Gasteiger partial charge >= 0.3 is 0 Å². The Kier molecular flexibility index (Phi) is 5.47. The molecule has 0 atom stereocenters. The summed E-state index contributed by atoms with van der Waals surface area (Å²) in [6.45, 7) is 0. The Morgan fingerprint density at radius 2 is 0.500 bits per heavy atom. The maximum atomic E-state index is 6.59. The molecule has 0 N–H and O–H groups in total. The molecule has 0 aliphatic carbocycles. The zero-order valence-corrected chi connectivity index (χ0v) is 27.6. The lowest BCUT2D eigenvalue weighted by Gasteiger charge is -2.19. The SMILES string of the molecule is c1ccc2oc(-c3cc(-c4cc5ccccc5o4)c4ccc5c(-c6cc7ccccc7o6)cc(-c6cc7ccccc7o6)c6ccc3c4c65)cc2c1. The molecular formula is C48H26O4. The minimum Gasteiger partial charge on any atom is -0.456 e. The third-order valence-corrected chi connectivity index (χ3v) is 10.7. The van der Waals surface area contributed by atoms with Crippen molar-refractivity contribution in [3.63, 3.8) is 0 Å². The van der Waals surface area contributed by atoms with Gasteiger partial charge in [0.05, 0.1) is 0 Å². The van der Waals surface area contributed by atoms with Crippen molar-refractivity contribution in [1.82, 2.24) is 0 Å².